The van der Waals surface area contributed by atoms with Crippen molar-refractivity contribution < 1.29 is 23.1 Å². The van der Waals surface area contributed by atoms with Crippen molar-refractivity contribution in [1.82, 2.24) is 4.72 Å². The van der Waals surface area contributed by atoms with Gasteiger partial charge in [0.15, 0.2) is 0 Å². The van der Waals surface area contributed by atoms with Crippen molar-refractivity contribution in [3.8, 4) is 0 Å². The minimum Gasteiger partial charge on any atom is -0.480 e. The van der Waals surface area contributed by atoms with Crippen molar-refractivity contribution >= 4 is 16.0 Å². The highest BCUT2D eigenvalue weighted by molar-refractivity contribution is 7.89. The number of carboxylic acid groups (broad SMARTS) is 1. The van der Waals surface area contributed by atoms with Crippen molar-refractivity contribution in [2.75, 3.05) is 12.4 Å². The van der Waals surface area contributed by atoms with Crippen LogP contribution in [-0.4, -0.2) is 38.0 Å². The highest BCUT2D eigenvalue weighted by atomic mass is 32.2. The van der Waals surface area contributed by atoms with Gasteiger partial charge < -0.3 is 9.84 Å². The first kappa shape index (κ1) is 18.9. The van der Waals surface area contributed by atoms with E-state index in [1.54, 1.807) is 37.3 Å². The van der Waals surface area contributed by atoms with Gasteiger partial charge in [-0.15, -0.1) is 0 Å². The van der Waals surface area contributed by atoms with Crippen LogP contribution >= 0.6 is 0 Å². The normalized spacial score (nSPS) is 18.4. The molecule has 1 aromatic rings. The number of rotatable bonds is 9. The van der Waals surface area contributed by atoms with E-state index in [1.807, 2.05) is 0 Å². The highest BCUT2D eigenvalue weighted by Crippen LogP contribution is 2.22. The van der Waals surface area contributed by atoms with E-state index in [0.717, 1.165) is 25.7 Å². The van der Waals surface area contributed by atoms with E-state index in [4.69, 9.17) is 4.74 Å². The third kappa shape index (κ3) is 5.89. The Hall–Kier alpha value is -1.44. The highest BCUT2D eigenvalue weighted by Gasteiger charge is 2.27. The number of ether oxygens (including phenoxy) is 1. The fraction of sp³-hybridized carbons (Fsp3) is 0.588. The molecule has 2 rings (SSSR count). The van der Waals surface area contributed by atoms with Gasteiger partial charge in [-0.3, -0.25) is 4.79 Å². The molecule has 0 radical (unpaired) electrons. The van der Waals surface area contributed by atoms with E-state index in [9.17, 15) is 18.3 Å². The summed E-state index contributed by atoms with van der Waals surface area (Å²) in [5, 5.41) is 9.32. The summed E-state index contributed by atoms with van der Waals surface area (Å²) in [4.78, 5) is 11.4. The second-order valence-corrected chi connectivity index (χ2v) is 8.22. The van der Waals surface area contributed by atoms with E-state index < -0.39 is 22.0 Å². The Morgan fingerprint density at radius 2 is 1.92 bits per heavy atom. The molecule has 2 atom stereocenters. The molecule has 0 spiro atoms. The van der Waals surface area contributed by atoms with Crippen molar-refractivity contribution in [1.29, 1.82) is 0 Å². The van der Waals surface area contributed by atoms with Crippen LogP contribution < -0.4 is 4.72 Å². The molecule has 0 bridgehead atoms. The fourth-order valence-electron chi connectivity index (χ4n) is 2.91. The second-order valence-electron chi connectivity index (χ2n) is 6.43. The van der Waals surface area contributed by atoms with Crippen LogP contribution in [0.3, 0.4) is 0 Å². The second kappa shape index (κ2) is 8.60. The number of carboxylic acids is 1. The average Bonchev–Trinajstić information content (AvgIpc) is 3.04. The average molecular weight is 355 g/mol. The van der Waals surface area contributed by atoms with Crippen molar-refractivity contribution in [2.45, 2.75) is 44.8 Å². The van der Waals surface area contributed by atoms with Gasteiger partial charge in [-0.05, 0) is 24.3 Å². The first-order valence-electron chi connectivity index (χ1n) is 8.27. The summed E-state index contributed by atoms with van der Waals surface area (Å²) >= 11 is 0. The van der Waals surface area contributed by atoms with Crippen LogP contribution in [0.4, 0.5) is 0 Å². The van der Waals surface area contributed by atoms with Gasteiger partial charge in [0.1, 0.15) is 6.04 Å². The standard InChI is InChI=1S/C17H25NO5S/c1-13(11-23-15-9-5-6-10-15)12-24(21,22)18-16(17(19)20)14-7-3-2-4-8-14/h2-4,7-8,13,15-16,18H,5-6,9-12H2,1H3,(H,19,20)/t13?,16-/m0/s1. The third-order valence-corrected chi connectivity index (χ3v) is 5.70. The lowest BCUT2D eigenvalue weighted by Crippen LogP contribution is -2.37. The predicted octanol–water partition coefficient (Wildman–Crippen LogP) is 2.33. The van der Waals surface area contributed by atoms with E-state index in [-0.39, 0.29) is 17.8 Å². The Labute approximate surface area is 143 Å². The topological polar surface area (TPSA) is 92.7 Å². The van der Waals surface area contributed by atoms with Crippen LogP contribution in [0.25, 0.3) is 0 Å². The van der Waals surface area contributed by atoms with Crippen LogP contribution in [0.1, 0.15) is 44.2 Å². The number of hydrogen-bond donors (Lipinski definition) is 2. The summed E-state index contributed by atoms with van der Waals surface area (Å²) in [5.74, 6) is -1.58. The lowest BCUT2D eigenvalue weighted by molar-refractivity contribution is -0.139. The fourth-order valence-corrected chi connectivity index (χ4v) is 4.45. The molecule has 0 saturated heterocycles. The summed E-state index contributed by atoms with van der Waals surface area (Å²) < 4.78 is 32.6. The number of sulfonamides is 1. The molecule has 7 heteroatoms. The van der Waals surface area contributed by atoms with Gasteiger partial charge in [-0.1, -0.05) is 50.1 Å². The maximum Gasteiger partial charge on any atom is 0.326 e. The van der Waals surface area contributed by atoms with Crippen LogP contribution in [0, 0.1) is 5.92 Å². The molecule has 6 nitrogen and oxygen atoms in total. The van der Waals surface area contributed by atoms with Crippen molar-refractivity contribution in [2.24, 2.45) is 5.92 Å². The molecular weight excluding hydrogens is 330 g/mol. The Kier molecular flexibility index (Phi) is 6.77. The smallest absolute Gasteiger partial charge is 0.326 e. The third-order valence-electron chi connectivity index (χ3n) is 4.10. The Morgan fingerprint density at radius 3 is 2.50 bits per heavy atom. The molecule has 134 valence electrons. The Balaban J connectivity index is 1.91. The molecular formula is C17H25NO5S. The number of nitrogens with one attached hydrogen (secondary N) is 1. The molecule has 0 aliphatic heterocycles. The van der Waals surface area contributed by atoms with Gasteiger partial charge in [0.2, 0.25) is 10.0 Å². The number of benzene rings is 1. The molecule has 0 amide bonds. The van der Waals surface area contributed by atoms with Gasteiger partial charge in [0.05, 0.1) is 18.5 Å². The molecule has 0 heterocycles. The van der Waals surface area contributed by atoms with E-state index in [0.29, 0.717) is 12.2 Å². The maximum absolute atomic E-state index is 12.3. The maximum atomic E-state index is 12.3. The lowest BCUT2D eigenvalue weighted by atomic mass is 10.1. The molecule has 1 unspecified atom stereocenters. The predicted molar refractivity (Wildman–Crippen MR) is 91.1 cm³/mol. The van der Waals surface area contributed by atoms with Crippen LogP contribution in [-0.2, 0) is 19.6 Å². The summed E-state index contributed by atoms with van der Waals surface area (Å²) in [7, 11) is -3.73. The van der Waals surface area contributed by atoms with E-state index in [2.05, 4.69) is 4.72 Å². The summed E-state index contributed by atoms with van der Waals surface area (Å²) in [6.07, 6.45) is 4.63. The lowest BCUT2D eigenvalue weighted by Gasteiger charge is -2.19. The largest absolute Gasteiger partial charge is 0.480 e. The molecule has 1 aliphatic carbocycles. The Morgan fingerprint density at radius 1 is 1.29 bits per heavy atom. The molecule has 1 aliphatic rings. The molecule has 2 N–H and O–H groups in total. The zero-order valence-corrected chi connectivity index (χ0v) is 14.7. The number of carbonyl (C=O) groups is 1. The molecule has 1 fully saturated rings. The van der Waals surface area contributed by atoms with E-state index >= 15 is 0 Å². The number of aliphatic carboxylic acids is 1. The Bertz CT molecular complexity index is 626. The molecule has 1 aromatic carbocycles. The van der Waals surface area contributed by atoms with Crippen LogP contribution in [0.5, 0.6) is 0 Å². The zero-order chi connectivity index (χ0) is 17.6. The van der Waals surface area contributed by atoms with Crippen LogP contribution in [0.2, 0.25) is 0 Å². The van der Waals surface area contributed by atoms with Gasteiger partial charge in [-0.2, -0.15) is 4.72 Å². The van der Waals surface area contributed by atoms with Gasteiger partial charge in [0.25, 0.3) is 0 Å². The summed E-state index contributed by atoms with van der Waals surface area (Å²) in [6.45, 7) is 2.17. The minimum atomic E-state index is -3.73. The summed E-state index contributed by atoms with van der Waals surface area (Å²) in [6, 6.07) is 7.01. The first-order valence-corrected chi connectivity index (χ1v) is 9.92. The molecule has 0 aromatic heterocycles. The van der Waals surface area contributed by atoms with E-state index in [1.165, 1.54) is 0 Å². The summed E-state index contributed by atoms with van der Waals surface area (Å²) in [5.41, 5.74) is 0.406. The quantitative estimate of drug-likeness (QED) is 0.709. The first-order chi connectivity index (χ1) is 11.4. The molecule has 24 heavy (non-hydrogen) atoms. The number of hydrogen-bond acceptors (Lipinski definition) is 4. The van der Waals surface area contributed by atoms with Gasteiger partial charge in [0, 0.05) is 0 Å². The minimum absolute atomic E-state index is 0.156. The van der Waals surface area contributed by atoms with Crippen molar-refractivity contribution in [3.63, 3.8) is 0 Å². The SMILES string of the molecule is CC(COC1CCCC1)CS(=O)(=O)N[C@H](C(=O)O)c1ccccc1. The van der Waals surface area contributed by atoms with Gasteiger partial charge >= 0.3 is 5.97 Å². The van der Waals surface area contributed by atoms with Crippen molar-refractivity contribution in [3.05, 3.63) is 35.9 Å². The van der Waals surface area contributed by atoms with Gasteiger partial charge in [-0.25, -0.2) is 8.42 Å². The zero-order valence-electron chi connectivity index (χ0n) is 13.8. The monoisotopic (exact) mass is 355 g/mol. The van der Waals surface area contributed by atoms with Crippen LogP contribution in [0.15, 0.2) is 30.3 Å². The molecule has 1 saturated carbocycles.